The number of ether oxygens (including phenoxy) is 6. The highest BCUT2D eigenvalue weighted by Crippen LogP contribution is 2.26. The fourth-order valence-electron chi connectivity index (χ4n) is 7.33. The zero-order valence-corrected chi connectivity index (χ0v) is 36.7. The molecule has 0 bridgehead atoms. The molecule has 0 radical (unpaired) electrons. The number of aliphatic hydroxyl groups excluding tert-OH is 7. The molecule has 352 valence electrons. The quantitative estimate of drug-likeness (QED) is 0.0252. The minimum absolute atomic E-state index is 0.163. The molecule has 15 nitrogen and oxygen atoms in total. The Bertz CT molecular complexity index is 1110. The van der Waals surface area contributed by atoms with Gasteiger partial charge in [-0.2, -0.15) is 0 Å². The number of carbonyl (C=O) groups excluding carboxylic acids is 2. The maximum absolute atomic E-state index is 12.9. The zero-order valence-electron chi connectivity index (χ0n) is 36.7. The molecule has 0 spiro atoms. The Labute approximate surface area is 359 Å². The van der Waals surface area contributed by atoms with E-state index in [9.17, 15) is 45.3 Å². The molecule has 11 unspecified atom stereocenters. The topological polar surface area (TPSA) is 231 Å². The average molecular weight is 863 g/mol. The van der Waals surface area contributed by atoms with Crippen LogP contribution in [0.15, 0.2) is 12.2 Å². The Kier molecular flexibility index (Phi) is 30.6. The average Bonchev–Trinajstić information content (AvgIpc) is 3.24. The van der Waals surface area contributed by atoms with Gasteiger partial charge in [0.25, 0.3) is 0 Å². The fraction of sp³-hybridized carbons (Fsp3) is 0.911. The standard InChI is InChI=1S/C45H82O15/c1-3-5-7-9-11-12-13-14-15-16-17-18-19-20-21-22-24-26-28-37(48)58-33(30-55-36(47)27-25-23-10-8-6-4-2)31-56-44-43(54)41(52)39(50)35(60-44)32-57-45-42(53)40(51)38(49)34(29-46)59-45/h15-16,33-35,38-46,49-54H,3-14,17-32H2,1-2H3/b16-15-. The van der Waals surface area contributed by atoms with Gasteiger partial charge in [-0.15, -0.1) is 0 Å². The monoisotopic (exact) mass is 863 g/mol. The number of rotatable bonds is 35. The lowest BCUT2D eigenvalue weighted by Gasteiger charge is -2.42. The normalized spacial score (nSPS) is 27.6. The molecule has 2 fully saturated rings. The van der Waals surface area contributed by atoms with Crippen LogP contribution in [0, 0.1) is 0 Å². The van der Waals surface area contributed by atoms with Crippen molar-refractivity contribution < 1.29 is 73.8 Å². The van der Waals surface area contributed by atoms with Crippen molar-refractivity contribution in [2.24, 2.45) is 0 Å². The molecule has 2 saturated heterocycles. The van der Waals surface area contributed by atoms with Crippen LogP contribution >= 0.6 is 0 Å². The summed E-state index contributed by atoms with van der Waals surface area (Å²) in [5.74, 6) is -0.936. The Morgan fingerprint density at radius 1 is 0.517 bits per heavy atom. The second-order valence-electron chi connectivity index (χ2n) is 16.6. The van der Waals surface area contributed by atoms with E-state index in [1.807, 2.05) is 0 Å². The molecule has 15 heteroatoms. The molecule has 0 aliphatic carbocycles. The molecule has 2 rings (SSSR count). The number of aliphatic hydroxyl groups is 7. The van der Waals surface area contributed by atoms with Gasteiger partial charge in [-0.3, -0.25) is 9.59 Å². The third-order valence-electron chi connectivity index (χ3n) is 11.2. The van der Waals surface area contributed by atoms with Crippen molar-refractivity contribution in [2.45, 2.75) is 235 Å². The van der Waals surface area contributed by atoms with Gasteiger partial charge in [-0.1, -0.05) is 129 Å². The molecule has 0 amide bonds. The van der Waals surface area contributed by atoms with Gasteiger partial charge in [0.2, 0.25) is 0 Å². The van der Waals surface area contributed by atoms with Crippen LogP contribution in [0.4, 0.5) is 0 Å². The van der Waals surface area contributed by atoms with E-state index in [-0.39, 0.29) is 26.1 Å². The van der Waals surface area contributed by atoms with Crippen LogP contribution in [0.3, 0.4) is 0 Å². The summed E-state index contributed by atoms with van der Waals surface area (Å²) >= 11 is 0. The Morgan fingerprint density at radius 2 is 0.950 bits per heavy atom. The molecule has 0 saturated carbocycles. The summed E-state index contributed by atoms with van der Waals surface area (Å²) in [5.41, 5.74) is 0. The van der Waals surface area contributed by atoms with Crippen LogP contribution in [-0.2, 0) is 38.0 Å². The van der Waals surface area contributed by atoms with Crippen LogP contribution in [0.5, 0.6) is 0 Å². The van der Waals surface area contributed by atoms with E-state index < -0.39 is 92.7 Å². The molecule has 0 aromatic carbocycles. The van der Waals surface area contributed by atoms with E-state index in [2.05, 4.69) is 26.0 Å². The summed E-state index contributed by atoms with van der Waals surface area (Å²) in [7, 11) is 0. The number of allylic oxidation sites excluding steroid dienone is 2. The van der Waals surface area contributed by atoms with Crippen LogP contribution < -0.4 is 0 Å². The van der Waals surface area contributed by atoms with E-state index in [4.69, 9.17) is 28.4 Å². The minimum Gasteiger partial charge on any atom is -0.462 e. The zero-order chi connectivity index (χ0) is 44.0. The van der Waals surface area contributed by atoms with Gasteiger partial charge < -0.3 is 64.2 Å². The lowest BCUT2D eigenvalue weighted by Crippen LogP contribution is -2.61. The predicted molar refractivity (Wildman–Crippen MR) is 224 cm³/mol. The van der Waals surface area contributed by atoms with Gasteiger partial charge in [0, 0.05) is 12.8 Å². The van der Waals surface area contributed by atoms with Crippen molar-refractivity contribution in [2.75, 3.05) is 26.4 Å². The predicted octanol–water partition coefficient (Wildman–Crippen LogP) is 5.04. The number of unbranched alkanes of at least 4 members (excludes halogenated alkanes) is 19. The van der Waals surface area contributed by atoms with Gasteiger partial charge in [-0.05, 0) is 38.5 Å². The van der Waals surface area contributed by atoms with Crippen molar-refractivity contribution in [1.29, 1.82) is 0 Å². The number of esters is 2. The Balaban J connectivity index is 1.79. The minimum atomic E-state index is -1.76. The number of hydrogen-bond acceptors (Lipinski definition) is 15. The van der Waals surface area contributed by atoms with E-state index in [1.165, 1.54) is 64.2 Å². The molecular weight excluding hydrogens is 780 g/mol. The van der Waals surface area contributed by atoms with Gasteiger partial charge in [0.05, 0.1) is 19.8 Å². The van der Waals surface area contributed by atoms with Gasteiger partial charge in [0.1, 0.15) is 55.4 Å². The van der Waals surface area contributed by atoms with Crippen molar-refractivity contribution in [1.82, 2.24) is 0 Å². The highest BCUT2D eigenvalue weighted by molar-refractivity contribution is 5.70. The molecule has 0 aromatic rings. The molecule has 7 N–H and O–H groups in total. The third kappa shape index (κ3) is 22.5. The van der Waals surface area contributed by atoms with Crippen molar-refractivity contribution >= 4 is 11.9 Å². The van der Waals surface area contributed by atoms with E-state index in [1.54, 1.807) is 0 Å². The first-order chi connectivity index (χ1) is 29.0. The molecule has 2 aliphatic rings. The lowest BCUT2D eigenvalue weighted by atomic mass is 9.98. The molecule has 0 aromatic heterocycles. The van der Waals surface area contributed by atoms with Gasteiger partial charge in [0.15, 0.2) is 18.7 Å². The lowest BCUT2D eigenvalue weighted by molar-refractivity contribution is -0.332. The summed E-state index contributed by atoms with van der Waals surface area (Å²) in [5, 5.41) is 71.7. The molecule has 2 heterocycles. The van der Waals surface area contributed by atoms with E-state index in [0.29, 0.717) is 12.8 Å². The van der Waals surface area contributed by atoms with Crippen molar-refractivity contribution in [3.63, 3.8) is 0 Å². The molecule has 2 aliphatic heterocycles. The van der Waals surface area contributed by atoms with Crippen LogP contribution in [0.2, 0.25) is 0 Å². The first-order valence-electron chi connectivity index (χ1n) is 23.3. The van der Waals surface area contributed by atoms with Crippen LogP contribution in [-0.4, -0.2) is 142 Å². The smallest absolute Gasteiger partial charge is 0.306 e. The summed E-state index contributed by atoms with van der Waals surface area (Å²) < 4.78 is 33.3. The Morgan fingerprint density at radius 3 is 1.47 bits per heavy atom. The fourth-order valence-corrected chi connectivity index (χ4v) is 7.33. The second-order valence-corrected chi connectivity index (χ2v) is 16.6. The second kappa shape index (κ2) is 33.8. The first kappa shape index (κ1) is 54.4. The van der Waals surface area contributed by atoms with Gasteiger partial charge >= 0.3 is 11.9 Å². The third-order valence-corrected chi connectivity index (χ3v) is 11.2. The van der Waals surface area contributed by atoms with Crippen LogP contribution in [0.25, 0.3) is 0 Å². The van der Waals surface area contributed by atoms with E-state index >= 15 is 0 Å². The first-order valence-corrected chi connectivity index (χ1v) is 23.3. The molecule has 11 atom stereocenters. The highest BCUT2D eigenvalue weighted by atomic mass is 16.7. The number of carbonyl (C=O) groups is 2. The maximum atomic E-state index is 12.9. The summed E-state index contributed by atoms with van der Waals surface area (Å²) in [4.78, 5) is 25.4. The largest absolute Gasteiger partial charge is 0.462 e. The number of hydrogen-bond donors (Lipinski definition) is 7. The van der Waals surface area contributed by atoms with Crippen molar-refractivity contribution in [3.05, 3.63) is 12.2 Å². The van der Waals surface area contributed by atoms with E-state index in [0.717, 1.165) is 64.2 Å². The summed E-state index contributed by atoms with van der Waals surface area (Å²) in [6.07, 6.45) is 12.9. The SMILES string of the molecule is CCCCCCCCC/C=C\CCCCCCCCCC(=O)OC(COC(=O)CCCCCCCC)COC1OC(COC2OC(CO)C(O)C(O)C2O)C(O)C(O)C1O. The summed E-state index contributed by atoms with van der Waals surface area (Å²) in [6.45, 7) is 2.50. The molecule has 60 heavy (non-hydrogen) atoms. The Hall–Kier alpha value is -1.76. The summed E-state index contributed by atoms with van der Waals surface area (Å²) in [6, 6.07) is 0. The van der Waals surface area contributed by atoms with Gasteiger partial charge in [-0.25, -0.2) is 0 Å². The molecular formula is C45H82O15. The van der Waals surface area contributed by atoms with Crippen molar-refractivity contribution in [3.8, 4) is 0 Å². The highest BCUT2D eigenvalue weighted by Gasteiger charge is 2.47. The van der Waals surface area contributed by atoms with Crippen LogP contribution in [0.1, 0.15) is 168 Å². The maximum Gasteiger partial charge on any atom is 0.306 e.